The summed E-state index contributed by atoms with van der Waals surface area (Å²) in [7, 11) is 0. The van der Waals surface area contributed by atoms with E-state index in [-0.39, 0.29) is 17.8 Å². The highest BCUT2D eigenvalue weighted by molar-refractivity contribution is 5.41. The second-order valence-corrected chi connectivity index (χ2v) is 3.39. The molecule has 16 heavy (non-hydrogen) atoms. The molecule has 1 aromatic heterocycles. The van der Waals surface area contributed by atoms with Gasteiger partial charge in [-0.3, -0.25) is 0 Å². The van der Waals surface area contributed by atoms with Crippen LogP contribution < -0.4 is 16.0 Å². The Morgan fingerprint density at radius 1 is 1.38 bits per heavy atom. The third kappa shape index (κ3) is 3.27. The number of aromatic nitrogens is 1. The van der Waals surface area contributed by atoms with Crippen LogP contribution in [0.4, 0.5) is 19.0 Å². The van der Waals surface area contributed by atoms with Gasteiger partial charge >= 0.3 is 6.18 Å². The first kappa shape index (κ1) is 12.6. The summed E-state index contributed by atoms with van der Waals surface area (Å²) in [6, 6.07) is 1.65. The van der Waals surface area contributed by atoms with Gasteiger partial charge in [-0.2, -0.15) is 18.2 Å². The maximum Gasteiger partial charge on any atom is 0.416 e. The molecule has 0 saturated carbocycles. The Morgan fingerprint density at radius 2 is 2.00 bits per heavy atom. The molecule has 0 bridgehead atoms. The van der Waals surface area contributed by atoms with E-state index in [1.807, 2.05) is 0 Å². The topological polar surface area (TPSA) is 60.2 Å². The van der Waals surface area contributed by atoms with E-state index in [2.05, 4.69) is 10.4 Å². The summed E-state index contributed by atoms with van der Waals surface area (Å²) in [5.41, 5.74) is 1.21. The number of hydrogen-bond acceptors (Lipinski definition) is 4. The van der Waals surface area contributed by atoms with Crippen LogP contribution >= 0.6 is 0 Å². The Kier molecular flexibility index (Phi) is 3.58. The number of nitrogens with two attached hydrogens (primary N) is 1. The lowest BCUT2D eigenvalue weighted by atomic mass is 10.2. The quantitative estimate of drug-likeness (QED) is 0.622. The summed E-state index contributed by atoms with van der Waals surface area (Å²) in [5, 5.41) is 0. The summed E-state index contributed by atoms with van der Waals surface area (Å²) in [6.45, 7) is 3.38. The highest BCUT2D eigenvalue weighted by Gasteiger charge is 2.32. The fraction of sp³-hybridized carbons (Fsp3) is 0.444. The minimum Gasteiger partial charge on any atom is -0.475 e. The summed E-state index contributed by atoms with van der Waals surface area (Å²) in [5.74, 6) is 4.82. The Morgan fingerprint density at radius 3 is 2.44 bits per heavy atom. The first-order valence-corrected chi connectivity index (χ1v) is 4.55. The first-order valence-electron chi connectivity index (χ1n) is 4.55. The van der Waals surface area contributed by atoms with Gasteiger partial charge in [-0.25, -0.2) is 5.84 Å². The number of rotatable bonds is 3. The minimum atomic E-state index is -4.45. The predicted molar refractivity (Wildman–Crippen MR) is 52.8 cm³/mol. The summed E-state index contributed by atoms with van der Waals surface area (Å²) >= 11 is 0. The van der Waals surface area contributed by atoms with Crippen molar-refractivity contribution in [1.82, 2.24) is 4.98 Å². The monoisotopic (exact) mass is 235 g/mol. The molecule has 0 saturated heterocycles. The number of ether oxygens (including phenoxy) is 1. The Hall–Kier alpha value is -1.50. The molecule has 1 aromatic rings. The molecule has 0 aliphatic carbocycles. The summed E-state index contributed by atoms with van der Waals surface area (Å²) in [4.78, 5) is 3.75. The van der Waals surface area contributed by atoms with Gasteiger partial charge in [-0.15, -0.1) is 0 Å². The van der Waals surface area contributed by atoms with Crippen LogP contribution in [0.1, 0.15) is 19.4 Å². The van der Waals surface area contributed by atoms with E-state index in [9.17, 15) is 13.2 Å². The second-order valence-electron chi connectivity index (χ2n) is 3.39. The molecule has 0 aliphatic rings. The standard InChI is InChI=1S/C9H12F3N3O/c1-5(2)16-8-4-6(9(10,11)12)3-7(14-8)15-13/h3-5H,13H2,1-2H3,(H,14,15). The third-order valence-corrected chi connectivity index (χ3v) is 1.63. The maximum atomic E-state index is 12.5. The number of anilines is 1. The van der Waals surface area contributed by atoms with Crippen molar-refractivity contribution in [2.75, 3.05) is 5.43 Å². The number of pyridine rings is 1. The van der Waals surface area contributed by atoms with Crippen molar-refractivity contribution in [3.8, 4) is 5.88 Å². The van der Waals surface area contributed by atoms with Gasteiger partial charge in [-0.1, -0.05) is 0 Å². The SMILES string of the molecule is CC(C)Oc1cc(C(F)(F)F)cc(NN)n1. The van der Waals surface area contributed by atoms with E-state index in [0.717, 1.165) is 12.1 Å². The zero-order valence-corrected chi connectivity index (χ0v) is 8.80. The Bertz CT molecular complexity index is 366. The molecular weight excluding hydrogens is 223 g/mol. The van der Waals surface area contributed by atoms with E-state index in [4.69, 9.17) is 10.6 Å². The summed E-state index contributed by atoms with van der Waals surface area (Å²) < 4.78 is 42.5. The van der Waals surface area contributed by atoms with Crippen LogP contribution in [0, 0.1) is 0 Å². The van der Waals surface area contributed by atoms with Crippen LogP contribution in [0.3, 0.4) is 0 Å². The molecule has 1 heterocycles. The molecule has 90 valence electrons. The molecular formula is C9H12F3N3O. The zero-order valence-electron chi connectivity index (χ0n) is 8.80. The molecule has 0 aliphatic heterocycles. The molecule has 4 nitrogen and oxygen atoms in total. The zero-order chi connectivity index (χ0) is 12.3. The molecule has 0 amide bonds. The summed E-state index contributed by atoms with van der Waals surface area (Å²) in [6.07, 6.45) is -4.72. The fourth-order valence-corrected chi connectivity index (χ4v) is 1.04. The van der Waals surface area contributed by atoms with Gasteiger partial charge in [-0.05, 0) is 19.9 Å². The highest BCUT2D eigenvalue weighted by atomic mass is 19.4. The molecule has 0 fully saturated rings. The van der Waals surface area contributed by atoms with E-state index < -0.39 is 11.7 Å². The first-order chi connectivity index (χ1) is 7.32. The van der Waals surface area contributed by atoms with E-state index in [0.29, 0.717) is 0 Å². The largest absolute Gasteiger partial charge is 0.475 e. The van der Waals surface area contributed by atoms with Crippen molar-refractivity contribution < 1.29 is 17.9 Å². The number of hydrogen-bond donors (Lipinski definition) is 2. The van der Waals surface area contributed by atoms with Gasteiger partial charge < -0.3 is 10.2 Å². The van der Waals surface area contributed by atoms with Crippen LogP contribution in [0.15, 0.2) is 12.1 Å². The number of hydrazine groups is 1. The van der Waals surface area contributed by atoms with Gasteiger partial charge in [0.25, 0.3) is 0 Å². The van der Waals surface area contributed by atoms with E-state index in [1.165, 1.54) is 0 Å². The second kappa shape index (κ2) is 4.56. The number of alkyl halides is 3. The average molecular weight is 235 g/mol. The van der Waals surface area contributed by atoms with Gasteiger partial charge in [0.2, 0.25) is 5.88 Å². The van der Waals surface area contributed by atoms with Crippen molar-refractivity contribution in [3.05, 3.63) is 17.7 Å². The number of nitrogens with one attached hydrogen (secondary N) is 1. The van der Waals surface area contributed by atoms with Gasteiger partial charge in [0.05, 0.1) is 11.7 Å². The van der Waals surface area contributed by atoms with Crippen molar-refractivity contribution in [1.29, 1.82) is 0 Å². The number of nitrogen functional groups attached to an aromatic ring is 1. The Labute approximate surface area is 90.6 Å². The maximum absolute atomic E-state index is 12.5. The lowest BCUT2D eigenvalue weighted by Crippen LogP contribution is -2.14. The smallest absolute Gasteiger partial charge is 0.416 e. The van der Waals surface area contributed by atoms with Crippen molar-refractivity contribution in [2.45, 2.75) is 26.1 Å². The molecule has 0 atom stereocenters. The number of nitrogens with zero attached hydrogens (tertiary/aromatic N) is 1. The van der Waals surface area contributed by atoms with Crippen LogP contribution in [-0.4, -0.2) is 11.1 Å². The van der Waals surface area contributed by atoms with Crippen molar-refractivity contribution in [3.63, 3.8) is 0 Å². The van der Waals surface area contributed by atoms with E-state index in [1.54, 1.807) is 13.8 Å². The molecule has 1 rings (SSSR count). The van der Waals surface area contributed by atoms with Crippen LogP contribution in [0.5, 0.6) is 5.88 Å². The molecule has 0 spiro atoms. The lowest BCUT2D eigenvalue weighted by molar-refractivity contribution is -0.137. The molecule has 3 N–H and O–H groups in total. The lowest BCUT2D eigenvalue weighted by Gasteiger charge is -2.13. The van der Waals surface area contributed by atoms with E-state index >= 15 is 0 Å². The minimum absolute atomic E-state index is 0.0922. The molecule has 0 aromatic carbocycles. The third-order valence-electron chi connectivity index (χ3n) is 1.63. The number of halogens is 3. The molecule has 0 radical (unpaired) electrons. The van der Waals surface area contributed by atoms with Crippen LogP contribution in [-0.2, 0) is 6.18 Å². The molecule has 0 unspecified atom stereocenters. The Balaban J connectivity index is 3.11. The predicted octanol–water partition coefficient (Wildman–Crippen LogP) is 2.17. The van der Waals surface area contributed by atoms with Crippen molar-refractivity contribution >= 4 is 5.82 Å². The van der Waals surface area contributed by atoms with Crippen LogP contribution in [0.2, 0.25) is 0 Å². The van der Waals surface area contributed by atoms with Crippen molar-refractivity contribution in [2.24, 2.45) is 5.84 Å². The van der Waals surface area contributed by atoms with Gasteiger partial charge in [0, 0.05) is 6.07 Å². The normalized spacial score (nSPS) is 11.7. The van der Waals surface area contributed by atoms with Crippen LogP contribution in [0.25, 0.3) is 0 Å². The molecule has 7 heteroatoms. The average Bonchev–Trinajstić information content (AvgIpc) is 2.14. The fourth-order valence-electron chi connectivity index (χ4n) is 1.04. The highest BCUT2D eigenvalue weighted by Crippen LogP contribution is 2.32. The van der Waals surface area contributed by atoms with Gasteiger partial charge in [0.15, 0.2) is 0 Å². The van der Waals surface area contributed by atoms with Gasteiger partial charge in [0.1, 0.15) is 5.82 Å².